The lowest BCUT2D eigenvalue weighted by Gasteiger charge is -2.25. The minimum Gasteiger partial charge on any atom is -0.456 e. The molecule has 0 saturated carbocycles. The Labute approximate surface area is 290 Å². The molecule has 4 aromatic heterocycles. The molecular weight excluding hydrogens is 633 g/mol. The van der Waals surface area contributed by atoms with Gasteiger partial charge in [0.2, 0.25) is 0 Å². The van der Waals surface area contributed by atoms with Crippen molar-refractivity contribution in [1.82, 2.24) is 4.98 Å². The second kappa shape index (κ2) is 10.5. The summed E-state index contributed by atoms with van der Waals surface area (Å²) in [5.74, 6) is 0. The first-order valence-corrected chi connectivity index (χ1v) is 17.5. The van der Waals surface area contributed by atoms with Crippen molar-refractivity contribution >= 4 is 103 Å². The fraction of sp³-hybridized carbons (Fsp3) is 0. The molecule has 7 aromatic carbocycles. The highest BCUT2D eigenvalue weighted by Gasteiger charge is 2.18. The quantitative estimate of drug-likeness (QED) is 0.189. The number of rotatable bonds is 4. The fourth-order valence-electron chi connectivity index (χ4n) is 7.54. The van der Waals surface area contributed by atoms with E-state index < -0.39 is 0 Å². The lowest BCUT2D eigenvalue weighted by molar-refractivity contribution is 0.668. The van der Waals surface area contributed by atoms with Gasteiger partial charge in [0.25, 0.3) is 0 Å². The third kappa shape index (κ3) is 4.14. The number of para-hydroxylation sites is 2. The van der Waals surface area contributed by atoms with E-state index in [9.17, 15) is 0 Å². The fourth-order valence-corrected chi connectivity index (χ4v) is 8.63. The minimum absolute atomic E-state index is 0.860. The van der Waals surface area contributed by atoms with Crippen LogP contribution in [0.25, 0.3) is 86.1 Å². The van der Waals surface area contributed by atoms with Crippen molar-refractivity contribution in [2.24, 2.45) is 0 Å². The minimum atomic E-state index is 0.860. The zero-order chi connectivity index (χ0) is 32.8. The molecule has 0 radical (unpaired) electrons. The van der Waals surface area contributed by atoms with Gasteiger partial charge < -0.3 is 13.7 Å². The van der Waals surface area contributed by atoms with Gasteiger partial charge in [-0.15, -0.1) is 11.3 Å². The molecule has 0 amide bonds. The standard InChI is InChI=1S/C45H26N2O2S/c1-3-9-38-33(7-1)35-19-17-32(26-41(35)49-38)47(31-18-20-40-36(25-31)34-8-2-4-10-39(34)48-40)30-15-11-27(12-16-30)29-14-21-42-37(24-29)44-43(50-42)22-13-28-6-5-23-46-45(28)44/h1-26H. The van der Waals surface area contributed by atoms with E-state index in [0.29, 0.717) is 0 Å². The SMILES string of the molecule is c1cnc2c(c1)ccc1sc3ccc(-c4ccc(N(c5ccc6c(c5)oc5ccccc56)c5ccc6oc7ccccc7c6c5)cc4)cc3c12. The van der Waals surface area contributed by atoms with Crippen LogP contribution >= 0.6 is 11.3 Å². The van der Waals surface area contributed by atoms with Crippen LogP contribution in [-0.2, 0) is 0 Å². The largest absolute Gasteiger partial charge is 0.456 e. The summed E-state index contributed by atoms with van der Waals surface area (Å²) in [6.07, 6.45) is 1.89. The Hall–Kier alpha value is -6.43. The van der Waals surface area contributed by atoms with Crippen LogP contribution in [0.3, 0.4) is 0 Å². The summed E-state index contributed by atoms with van der Waals surface area (Å²) in [5, 5.41) is 8.06. The average molecular weight is 659 g/mol. The van der Waals surface area contributed by atoms with Gasteiger partial charge in [-0.1, -0.05) is 66.7 Å². The second-order valence-electron chi connectivity index (χ2n) is 12.8. The second-order valence-corrected chi connectivity index (χ2v) is 13.9. The molecule has 0 spiro atoms. The van der Waals surface area contributed by atoms with Gasteiger partial charge in [-0.2, -0.15) is 0 Å². The Balaban J connectivity index is 1.06. The van der Waals surface area contributed by atoms with Crippen molar-refractivity contribution < 1.29 is 8.83 Å². The molecule has 0 N–H and O–H groups in total. The maximum Gasteiger partial charge on any atom is 0.137 e. The van der Waals surface area contributed by atoms with Crippen LogP contribution in [0.1, 0.15) is 0 Å². The summed E-state index contributed by atoms with van der Waals surface area (Å²) >= 11 is 1.82. The molecule has 0 fully saturated rings. The van der Waals surface area contributed by atoms with Gasteiger partial charge in [-0.05, 0) is 90.0 Å². The molecule has 0 aliphatic heterocycles. The predicted molar refractivity (Wildman–Crippen MR) is 209 cm³/mol. The Morgan fingerprint density at radius 1 is 0.440 bits per heavy atom. The molecule has 11 aromatic rings. The molecule has 11 rings (SSSR count). The van der Waals surface area contributed by atoms with Crippen molar-refractivity contribution in [3.63, 3.8) is 0 Å². The molecule has 5 heteroatoms. The van der Waals surface area contributed by atoms with Gasteiger partial charge in [-0.25, -0.2) is 0 Å². The molecule has 4 heterocycles. The highest BCUT2D eigenvalue weighted by molar-refractivity contribution is 7.26. The number of nitrogens with zero attached hydrogens (tertiary/aromatic N) is 2. The first kappa shape index (κ1) is 27.5. The number of fused-ring (bicyclic) bond motifs is 11. The molecule has 0 bridgehead atoms. The predicted octanol–water partition coefficient (Wildman–Crippen LogP) is 13.5. The molecule has 4 nitrogen and oxygen atoms in total. The van der Waals surface area contributed by atoms with E-state index in [1.807, 2.05) is 47.9 Å². The van der Waals surface area contributed by atoms with E-state index in [1.165, 1.54) is 25.7 Å². The van der Waals surface area contributed by atoms with Gasteiger partial charge in [0.15, 0.2) is 0 Å². The van der Waals surface area contributed by atoms with Gasteiger partial charge in [0.05, 0.1) is 5.52 Å². The summed E-state index contributed by atoms with van der Waals surface area (Å²) in [6.45, 7) is 0. The molecule has 0 aliphatic rings. The van der Waals surface area contributed by atoms with Crippen LogP contribution < -0.4 is 4.90 Å². The van der Waals surface area contributed by atoms with E-state index in [2.05, 4.69) is 126 Å². The number of hydrogen-bond donors (Lipinski definition) is 0. The number of thiophene rings is 1. The smallest absolute Gasteiger partial charge is 0.137 e. The zero-order valence-corrected chi connectivity index (χ0v) is 27.4. The van der Waals surface area contributed by atoms with Gasteiger partial charge >= 0.3 is 0 Å². The summed E-state index contributed by atoms with van der Waals surface area (Å²) in [7, 11) is 0. The molecule has 50 heavy (non-hydrogen) atoms. The first-order valence-electron chi connectivity index (χ1n) is 16.7. The number of benzene rings is 7. The maximum atomic E-state index is 6.35. The van der Waals surface area contributed by atoms with Crippen molar-refractivity contribution in [2.75, 3.05) is 4.90 Å². The Morgan fingerprint density at radius 3 is 1.96 bits per heavy atom. The van der Waals surface area contributed by atoms with Crippen LogP contribution in [0.15, 0.2) is 167 Å². The normalized spacial score (nSPS) is 12.0. The monoisotopic (exact) mass is 658 g/mol. The van der Waals surface area contributed by atoms with Gasteiger partial charge in [-0.3, -0.25) is 4.98 Å². The van der Waals surface area contributed by atoms with E-state index >= 15 is 0 Å². The lowest BCUT2D eigenvalue weighted by atomic mass is 10.0. The van der Waals surface area contributed by atoms with Gasteiger partial charge in [0.1, 0.15) is 22.3 Å². The van der Waals surface area contributed by atoms with Crippen molar-refractivity contribution in [3.05, 3.63) is 158 Å². The van der Waals surface area contributed by atoms with E-state index in [-0.39, 0.29) is 0 Å². The highest BCUT2D eigenvalue weighted by Crippen LogP contribution is 2.43. The van der Waals surface area contributed by atoms with Crippen LogP contribution in [0.5, 0.6) is 0 Å². The maximum absolute atomic E-state index is 6.35. The third-order valence-corrected chi connectivity index (χ3v) is 11.0. The van der Waals surface area contributed by atoms with Crippen LogP contribution in [0.4, 0.5) is 17.1 Å². The number of anilines is 3. The lowest BCUT2D eigenvalue weighted by Crippen LogP contribution is -2.09. The Bertz CT molecular complexity index is 3110. The zero-order valence-electron chi connectivity index (χ0n) is 26.6. The summed E-state index contributed by atoms with van der Waals surface area (Å²) in [4.78, 5) is 7.07. The Kier molecular flexibility index (Phi) is 5.80. The number of hydrogen-bond acceptors (Lipinski definition) is 5. The van der Waals surface area contributed by atoms with Crippen LogP contribution in [0, 0.1) is 0 Å². The average Bonchev–Trinajstić information content (AvgIpc) is 3.86. The first-order chi connectivity index (χ1) is 24.7. The Morgan fingerprint density at radius 2 is 1.10 bits per heavy atom. The molecule has 234 valence electrons. The van der Waals surface area contributed by atoms with Crippen molar-refractivity contribution in [3.8, 4) is 11.1 Å². The summed E-state index contributed by atoms with van der Waals surface area (Å²) in [5.41, 5.74) is 10.0. The van der Waals surface area contributed by atoms with Crippen molar-refractivity contribution in [2.45, 2.75) is 0 Å². The number of pyridine rings is 1. The van der Waals surface area contributed by atoms with Gasteiger partial charge in [0, 0.05) is 76.4 Å². The summed E-state index contributed by atoms with van der Waals surface area (Å²) < 4.78 is 15.1. The van der Waals surface area contributed by atoms with Crippen LogP contribution in [0.2, 0.25) is 0 Å². The molecule has 0 aliphatic carbocycles. The summed E-state index contributed by atoms with van der Waals surface area (Å²) in [6, 6.07) is 53.6. The third-order valence-electron chi connectivity index (χ3n) is 9.90. The van der Waals surface area contributed by atoms with Crippen molar-refractivity contribution in [1.29, 1.82) is 0 Å². The number of furan rings is 2. The highest BCUT2D eigenvalue weighted by atomic mass is 32.1. The molecule has 0 unspecified atom stereocenters. The molecular formula is C45H26N2O2S. The topological polar surface area (TPSA) is 42.4 Å². The number of aromatic nitrogens is 1. The molecule has 0 saturated heterocycles. The van der Waals surface area contributed by atoms with E-state index in [4.69, 9.17) is 13.8 Å². The van der Waals surface area contributed by atoms with E-state index in [0.717, 1.165) is 77.4 Å². The van der Waals surface area contributed by atoms with E-state index in [1.54, 1.807) is 0 Å². The molecule has 0 atom stereocenters. The van der Waals surface area contributed by atoms with Crippen LogP contribution in [-0.4, -0.2) is 4.98 Å².